The normalized spacial score (nSPS) is 11.4. The smallest absolute Gasteiger partial charge is 0.407 e. The van der Waals surface area contributed by atoms with E-state index in [-0.39, 0.29) is 35.8 Å². The van der Waals surface area contributed by atoms with Gasteiger partial charge in [0.25, 0.3) is 5.69 Å². The molecule has 0 unspecified atom stereocenters. The fourth-order valence-electron chi connectivity index (χ4n) is 2.67. The van der Waals surface area contributed by atoms with E-state index >= 15 is 0 Å². The molecule has 12 heteroatoms. The first-order valence-electron chi connectivity index (χ1n) is 9.79. The molecule has 0 aliphatic carbocycles. The number of anilines is 1. The van der Waals surface area contributed by atoms with Gasteiger partial charge in [-0.15, -0.1) is 0 Å². The third-order valence-corrected chi connectivity index (χ3v) is 4.97. The number of nitrogens with one attached hydrogen (secondary N) is 1. The number of sulfonamides is 1. The molecule has 0 atom stereocenters. The van der Waals surface area contributed by atoms with Crippen molar-refractivity contribution in [2.75, 3.05) is 17.1 Å². The minimum absolute atomic E-state index is 0.193. The number of alkyl carbamates (subject to hydrolysis) is 1. The lowest BCUT2D eigenvalue weighted by Gasteiger charge is -2.23. The molecule has 178 valence electrons. The lowest BCUT2D eigenvalue weighted by Crippen LogP contribution is -2.39. The highest BCUT2D eigenvalue weighted by Gasteiger charge is 2.29. The van der Waals surface area contributed by atoms with Crippen molar-refractivity contribution in [1.29, 1.82) is 0 Å². The van der Waals surface area contributed by atoms with Crippen molar-refractivity contribution in [1.82, 2.24) is 5.32 Å². The molecule has 0 aromatic heterocycles. The van der Waals surface area contributed by atoms with Crippen LogP contribution in [0.1, 0.15) is 27.2 Å². The summed E-state index contributed by atoms with van der Waals surface area (Å²) in [5.74, 6) is -0.790. The Morgan fingerprint density at radius 3 is 2.30 bits per heavy atom. The van der Waals surface area contributed by atoms with Crippen LogP contribution in [0.15, 0.2) is 48.5 Å². The van der Waals surface area contributed by atoms with E-state index in [0.717, 1.165) is 24.5 Å². The van der Waals surface area contributed by atoms with Crippen molar-refractivity contribution in [2.24, 2.45) is 0 Å². The Morgan fingerprint density at radius 2 is 1.76 bits per heavy atom. The van der Waals surface area contributed by atoms with Gasteiger partial charge in [0.2, 0.25) is 15.9 Å². The highest BCUT2D eigenvalue weighted by molar-refractivity contribution is 7.92. The SMILES string of the molecule is CC(C)(C)OC(=O)NCCC(=O)N(c1ccc([N+](=O)[O-])cc1Oc1ccccc1)S(C)(=O)=O. The van der Waals surface area contributed by atoms with Crippen molar-refractivity contribution in [3.63, 3.8) is 0 Å². The largest absolute Gasteiger partial charge is 0.455 e. The first-order chi connectivity index (χ1) is 15.3. The van der Waals surface area contributed by atoms with Gasteiger partial charge in [-0.2, -0.15) is 0 Å². The van der Waals surface area contributed by atoms with Crippen LogP contribution in [0.3, 0.4) is 0 Å². The number of hydrogen-bond acceptors (Lipinski definition) is 8. The van der Waals surface area contributed by atoms with Crippen LogP contribution in [-0.2, 0) is 19.6 Å². The van der Waals surface area contributed by atoms with Gasteiger partial charge in [-0.1, -0.05) is 18.2 Å². The predicted molar refractivity (Wildman–Crippen MR) is 121 cm³/mol. The molecule has 0 saturated heterocycles. The van der Waals surface area contributed by atoms with E-state index in [1.807, 2.05) is 0 Å². The van der Waals surface area contributed by atoms with Crippen LogP contribution in [0.25, 0.3) is 0 Å². The van der Waals surface area contributed by atoms with Gasteiger partial charge in [0.05, 0.1) is 17.2 Å². The van der Waals surface area contributed by atoms with E-state index in [9.17, 15) is 28.1 Å². The van der Waals surface area contributed by atoms with Crippen LogP contribution >= 0.6 is 0 Å². The minimum Gasteiger partial charge on any atom is -0.455 e. The highest BCUT2D eigenvalue weighted by atomic mass is 32.2. The first-order valence-corrected chi connectivity index (χ1v) is 11.6. The monoisotopic (exact) mass is 479 g/mol. The first kappa shape index (κ1) is 25.6. The molecule has 11 nitrogen and oxygen atoms in total. The average molecular weight is 480 g/mol. The molecule has 0 fully saturated rings. The van der Waals surface area contributed by atoms with E-state index in [0.29, 0.717) is 4.31 Å². The van der Waals surface area contributed by atoms with Crippen LogP contribution in [0.4, 0.5) is 16.2 Å². The van der Waals surface area contributed by atoms with Gasteiger partial charge in [-0.3, -0.25) is 14.9 Å². The fourth-order valence-corrected chi connectivity index (χ4v) is 3.64. The van der Waals surface area contributed by atoms with Gasteiger partial charge in [0, 0.05) is 19.0 Å². The third-order valence-electron chi connectivity index (χ3n) is 3.91. The zero-order chi connectivity index (χ0) is 24.8. The van der Waals surface area contributed by atoms with E-state index in [1.54, 1.807) is 51.1 Å². The van der Waals surface area contributed by atoms with Crippen molar-refractivity contribution >= 4 is 33.4 Å². The third kappa shape index (κ3) is 7.75. The Bertz CT molecular complexity index is 1130. The Balaban J connectivity index is 2.34. The summed E-state index contributed by atoms with van der Waals surface area (Å²) >= 11 is 0. The number of ether oxygens (including phenoxy) is 2. The maximum atomic E-state index is 12.8. The molecule has 33 heavy (non-hydrogen) atoms. The predicted octanol–water partition coefficient (Wildman–Crippen LogP) is 3.59. The molecule has 0 radical (unpaired) electrons. The zero-order valence-electron chi connectivity index (χ0n) is 18.6. The number of carbonyl (C=O) groups excluding carboxylic acids is 2. The van der Waals surface area contributed by atoms with E-state index in [1.165, 1.54) is 0 Å². The highest BCUT2D eigenvalue weighted by Crippen LogP contribution is 2.37. The lowest BCUT2D eigenvalue weighted by atomic mass is 10.2. The molecule has 2 amide bonds. The molecular weight excluding hydrogens is 454 g/mol. The summed E-state index contributed by atoms with van der Waals surface area (Å²) < 4.78 is 36.2. The number of non-ortho nitro benzene ring substituents is 1. The Morgan fingerprint density at radius 1 is 1.12 bits per heavy atom. The second kappa shape index (κ2) is 10.3. The maximum Gasteiger partial charge on any atom is 0.407 e. The second-order valence-corrected chi connectivity index (χ2v) is 9.76. The zero-order valence-corrected chi connectivity index (χ0v) is 19.4. The van der Waals surface area contributed by atoms with Crippen LogP contribution in [-0.4, -0.2) is 43.7 Å². The number of amides is 2. The fraction of sp³-hybridized carbons (Fsp3) is 0.333. The molecule has 0 aliphatic rings. The number of rotatable bonds is 8. The summed E-state index contributed by atoms with van der Waals surface area (Å²) in [4.78, 5) is 35.2. The molecule has 0 saturated carbocycles. The average Bonchev–Trinajstić information content (AvgIpc) is 2.67. The number of carbonyl (C=O) groups is 2. The quantitative estimate of drug-likeness (QED) is 0.446. The Labute approximate surface area is 191 Å². The summed E-state index contributed by atoms with van der Waals surface area (Å²) in [7, 11) is -4.15. The summed E-state index contributed by atoms with van der Waals surface area (Å²) in [6.45, 7) is 4.82. The van der Waals surface area contributed by atoms with Gasteiger partial charge in [-0.25, -0.2) is 17.5 Å². The minimum atomic E-state index is -4.15. The van der Waals surface area contributed by atoms with Crippen LogP contribution in [0.2, 0.25) is 0 Å². The number of para-hydroxylation sites is 1. The van der Waals surface area contributed by atoms with Crippen molar-refractivity contribution in [3.8, 4) is 11.5 Å². The van der Waals surface area contributed by atoms with E-state index in [4.69, 9.17) is 9.47 Å². The summed E-state index contributed by atoms with van der Waals surface area (Å²) in [5.41, 5.74) is -1.29. The number of hydrogen-bond donors (Lipinski definition) is 1. The molecule has 2 aromatic rings. The maximum absolute atomic E-state index is 12.8. The molecule has 0 spiro atoms. The van der Waals surface area contributed by atoms with Gasteiger partial charge in [-0.05, 0) is 39.0 Å². The van der Waals surface area contributed by atoms with E-state index in [2.05, 4.69) is 5.32 Å². The number of nitro benzene ring substituents is 1. The van der Waals surface area contributed by atoms with Gasteiger partial charge in [0.15, 0.2) is 5.75 Å². The Kier molecular flexibility index (Phi) is 7.99. The summed E-state index contributed by atoms with van der Waals surface area (Å²) in [6, 6.07) is 11.4. The second-order valence-electron chi connectivity index (χ2n) is 7.92. The van der Waals surface area contributed by atoms with Crippen molar-refractivity contribution < 1.29 is 32.4 Å². The van der Waals surface area contributed by atoms with E-state index < -0.39 is 32.5 Å². The molecular formula is C21H25N3O8S. The van der Waals surface area contributed by atoms with Crippen LogP contribution in [0.5, 0.6) is 11.5 Å². The molecule has 2 rings (SSSR count). The standard InChI is InChI=1S/C21H25N3O8S/c1-21(2,3)32-20(26)22-13-12-19(25)23(33(4,29)30)17-11-10-15(24(27)28)14-18(17)31-16-8-6-5-7-9-16/h5-11,14H,12-13H2,1-4H3,(H,22,26). The summed E-state index contributed by atoms with van der Waals surface area (Å²) in [6.07, 6.45) is -0.321. The Hall–Kier alpha value is -3.67. The van der Waals surface area contributed by atoms with Gasteiger partial charge >= 0.3 is 6.09 Å². The molecule has 0 heterocycles. The number of benzene rings is 2. The van der Waals surface area contributed by atoms with Crippen LogP contribution < -0.4 is 14.4 Å². The lowest BCUT2D eigenvalue weighted by molar-refractivity contribution is -0.384. The van der Waals surface area contributed by atoms with Gasteiger partial charge < -0.3 is 14.8 Å². The van der Waals surface area contributed by atoms with Crippen molar-refractivity contribution in [2.45, 2.75) is 32.8 Å². The molecule has 0 aliphatic heterocycles. The summed E-state index contributed by atoms with van der Waals surface area (Å²) in [5, 5.41) is 13.6. The van der Waals surface area contributed by atoms with Crippen LogP contribution in [0, 0.1) is 10.1 Å². The number of nitro groups is 1. The molecule has 2 aromatic carbocycles. The van der Waals surface area contributed by atoms with Crippen molar-refractivity contribution in [3.05, 3.63) is 58.6 Å². The molecule has 0 bridgehead atoms. The topological polar surface area (TPSA) is 145 Å². The molecule has 1 N–H and O–H groups in total. The van der Waals surface area contributed by atoms with Gasteiger partial charge in [0.1, 0.15) is 17.0 Å². The number of nitrogens with zero attached hydrogens (tertiary/aromatic N) is 2.